The number of hydrogen-bond acceptors (Lipinski definition) is 4. The van der Waals surface area contributed by atoms with Gasteiger partial charge in [0.25, 0.3) is 0 Å². The molecule has 0 aromatic heterocycles. The number of hydrogen-bond donors (Lipinski definition) is 2. The molecule has 0 atom stereocenters. The van der Waals surface area contributed by atoms with Crippen LogP contribution in [0.3, 0.4) is 0 Å². The Morgan fingerprint density at radius 3 is 2.24 bits per heavy atom. The van der Waals surface area contributed by atoms with Crippen LogP contribution in [0.2, 0.25) is 0 Å². The maximum atomic E-state index is 11.6. The molecule has 1 aromatic carbocycles. The summed E-state index contributed by atoms with van der Waals surface area (Å²) in [7, 11) is -3.78. The molecule has 0 amide bonds. The van der Waals surface area contributed by atoms with Crippen molar-refractivity contribution < 1.29 is 8.42 Å². The summed E-state index contributed by atoms with van der Waals surface area (Å²) >= 11 is 0. The Labute approximate surface area is 127 Å². The van der Waals surface area contributed by atoms with E-state index in [1.165, 1.54) is 18.9 Å². The van der Waals surface area contributed by atoms with Crippen molar-refractivity contribution in [2.75, 3.05) is 23.7 Å². The normalized spacial score (nSPS) is 18.7. The van der Waals surface area contributed by atoms with Gasteiger partial charge in [-0.3, -0.25) is 0 Å². The Balaban J connectivity index is 2.26. The van der Waals surface area contributed by atoms with Crippen LogP contribution in [0.15, 0.2) is 23.1 Å². The zero-order chi connectivity index (χ0) is 15.7. The smallest absolute Gasteiger partial charge is 0.240 e. The highest BCUT2D eigenvalue weighted by molar-refractivity contribution is 7.89. The first-order chi connectivity index (χ1) is 9.83. The highest BCUT2D eigenvalue weighted by Gasteiger charge is 2.32. The number of piperidine rings is 1. The molecule has 0 unspecified atom stereocenters. The summed E-state index contributed by atoms with van der Waals surface area (Å²) in [6, 6.07) is 5.03. The lowest BCUT2D eigenvalue weighted by atomic mass is 9.74. The molecular weight excluding hydrogens is 286 g/mol. The summed E-state index contributed by atoms with van der Waals surface area (Å²) in [5, 5.41) is 5.22. The SMILES string of the molecule is CCC1(CC)CCN(c2cccc(S(N)(=O)=O)c2N)CC1. The molecule has 6 heteroatoms. The monoisotopic (exact) mass is 311 g/mol. The Bertz CT molecular complexity index is 599. The predicted octanol–water partition coefficient (Wildman–Crippen LogP) is 2.32. The van der Waals surface area contributed by atoms with E-state index in [0.717, 1.165) is 31.6 Å². The maximum absolute atomic E-state index is 11.6. The fourth-order valence-corrected chi connectivity index (χ4v) is 3.91. The second-order valence-electron chi connectivity index (χ2n) is 5.93. The van der Waals surface area contributed by atoms with Crippen LogP contribution in [0, 0.1) is 5.41 Å². The largest absolute Gasteiger partial charge is 0.396 e. The summed E-state index contributed by atoms with van der Waals surface area (Å²) in [5.74, 6) is 0. The minimum absolute atomic E-state index is 0.0165. The molecule has 0 saturated carbocycles. The summed E-state index contributed by atoms with van der Waals surface area (Å²) < 4.78 is 23.1. The van der Waals surface area contributed by atoms with E-state index >= 15 is 0 Å². The minimum Gasteiger partial charge on any atom is -0.396 e. The third-order valence-electron chi connectivity index (χ3n) is 5.01. The lowest BCUT2D eigenvalue weighted by Crippen LogP contribution is -2.40. The summed E-state index contributed by atoms with van der Waals surface area (Å²) in [6.45, 7) is 6.30. The molecule has 4 N–H and O–H groups in total. The van der Waals surface area contributed by atoms with Gasteiger partial charge < -0.3 is 10.6 Å². The third-order valence-corrected chi connectivity index (χ3v) is 5.98. The highest BCUT2D eigenvalue weighted by Crippen LogP contribution is 2.40. The van der Waals surface area contributed by atoms with Crippen molar-refractivity contribution in [2.45, 2.75) is 44.4 Å². The Morgan fingerprint density at radius 2 is 1.76 bits per heavy atom. The van der Waals surface area contributed by atoms with Crippen LogP contribution in [0.25, 0.3) is 0 Å². The fourth-order valence-electron chi connectivity index (χ4n) is 3.24. The van der Waals surface area contributed by atoms with E-state index in [1.54, 1.807) is 6.07 Å². The molecule has 1 aromatic rings. The van der Waals surface area contributed by atoms with Gasteiger partial charge in [-0.05, 0) is 30.4 Å². The van der Waals surface area contributed by atoms with Gasteiger partial charge in [-0.2, -0.15) is 0 Å². The number of nitrogen functional groups attached to an aromatic ring is 1. The number of nitrogens with zero attached hydrogens (tertiary/aromatic N) is 1. The zero-order valence-corrected chi connectivity index (χ0v) is 13.6. The molecule has 0 bridgehead atoms. The van der Waals surface area contributed by atoms with Crippen molar-refractivity contribution >= 4 is 21.4 Å². The van der Waals surface area contributed by atoms with Crippen molar-refractivity contribution in [1.82, 2.24) is 0 Å². The highest BCUT2D eigenvalue weighted by atomic mass is 32.2. The molecule has 1 saturated heterocycles. The number of anilines is 2. The number of benzene rings is 1. The van der Waals surface area contributed by atoms with Gasteiger partial charge in [0.15, 0.2) is 0 Å². The standard InChI is InChI=1S/C15H25N3O2S/c1-3-15(4-2)8-10-18(11-9-15)12-6-5-7-13(14(12)16)21(17,19)20/h5-7H,3-4,8-11,16H2,1-2H3,(H2,17,19,20). The van der Waals surface area contributed by atoms with Crippen molar-refractivity contribution in [1.29, 1.82) is 0 Å². The first-order valence-electron chi connectivity index (χ1n) is 7.49. The van der Waals surface area contributed by atoms with Crippen LogP contribution in [-0.4, -0.2) is 21.5 Å². The van der Waals surface area contributed by atoms with Crippen LogP contribution >= 0.6 is 0 Å². The van der Waals surface area contributed by atoms with E-state index in [1.807, 2.05) is 6.07 Å². The average molecular weight is 311 g/mol. The molecular formula is C15H25N3O2S. The van der Waals surface area contributed by atoms with Crippen molar-refractivity contribution in [3.63, 3.8) is 0 Å². The lowest BCUT2D eigenvalue weighted by molar-refractivity contribution is 0.199. The molecule has 1 aliphatic heterocycles. The van der Waals surface area contributed by atoms with E-state index in [4.69, 9.17) is 10.9 Å². The third kappa shape index (κ3) is 3.16. The molecule has 5 nitrogen and oxygen atoms in total. The molecule has 0 aliphatic carbocycles. The molecule has 1 heterocycles. The second kappa shape index (κ2) is 5.85. The van der Waals surface area contributed by atoms with Crippen molar-refractivity contribution in [3.8, 4) is 0 Å². The topological polar surface area (TPSA) is 89.4 Å². The van der Waals surface area contributed by atoms with Crippen LogP contribution in [-0.2, 0) is 10.0 Å². The average Bonchev–Trinajstić information content (AvgIpc) is 2.46. The van der Waals surface area contributed by atoms with E-state index < -0.39 is 10.0 Å². The number of rotatable bonds is 4. The van der Waals surface area contributed by atoms with Gasteiger partial charge in [-0.15, -0.1) is 0 Å². The number of sulfonamides is 1. The first-order valence-corrected chi connectivity index (χ1v) is 9.04. The van der Waals surface area contributed by atoms with Gasteiger partial charge in [0.2, 0.25) is 10.0 Å². The first kappa shape index (κ1) is 16.1. The summed E-state index contributed by atoms with van der Waals surface area (Å²) in [4.78, 5) is 2.19. The summed E-state index contributed by atoms with van der Waals surface area (Å²) in [6.07, 6.45) is 4.59. The van der Waals surface area contributed by atoms with E-state index in [0.29, 0.717) is 5.41 Å². The molecule has 1 fully saturated rings. The Hall–Kier alpha value is -1.27. The second-order valence-corrected chi connectivity index (χ2v) is 7.46. The van der Waals surface area contributed by atoms with E-state index in [-0.39, 0.29) is 10.6 Å². The molecule has 118 valence electrons. The van der Waals surface area contributed by atoms with Crippen molar-refractivity contribution in [2.24, 2.45) is 10.6 Å². The van der Waals surface area contributed by atoms with Gasteiger partial charge in [0, 0.05) is 13.1 Å². The van der Waals surface area contributed by atoms with Crippen LogP contribution in [0.4, 0.5) is 11.4 Å². The van der Waals surface area contributed by atoms with Crippen LogP contribution in [0.5, 0.6) is 0 Å². The van der Waals surface area contributed by atoms with Crippen molar-refractivity contribution in [3.05, 3.63) is 18.2 Å². The molecule has 0 radical (unpaired) electrons. The minimum atomic E-state index is -3.78. The molecule has 0 spiro atoms. The van der Waals surface area contributed by atoms with Crippen LogP contribution in [0.1, 0.15) is 39.5 Å². The van der Waals surface area contributed by atoms with Gasteiger partial charge in [-0.25, -0.2) is 13.6 Å². The molecule has 2 rings (SSSR count). The maximum Gasteiger partial charge on any atom is 0.240 e. The van der Waals surface area contributed by atoms with Gasteiger partial charge in [-0.1, -0.05) is 32.8 Å². The van der Waals surface area contributed by atoms with E-state index in [2.05, 4.69) is 18.7 Å². The van der Waals surface area contributed by atoms with Gasteiger partial charge in [0.1, 0.15) is 4.90 Å². The van der Waals surface area contributed by atoms with Gasteiger partial charge >= 0.3 is 0 Å². The summed E-state index contributed by atoms with van der Waals surface area (Å²) in [5.41, 5.74) is 7.50. The van der Waals surface area contributed by atoms with Crippen LogP contribution < -0.4 is 15.8 Å². The molecule has 1 aliphatic rings. The number of primary sulfonamides is 1. The Kier molecular flexibility index (Phi) is 4.49. The molecule has 21 heavy (non-hydrogen) atoms. The lowest BCUT2D eigenvalue weighted by Gasteiger charge is -2.42. The fraction of sp³-hybridized carbons (Fsp3) is 0.600. The Morgan fingerprint density at radius 1 is 1.19 bits per heavy atom. The number of para-hydroxylation sites is 1. The quantitative estimate of drug-likeness (QED) is 0.835. The van der Waals surface area contributed by atoms with E-state index in [9.17, 15) is 8.42 Å². The number of nitrogens with two attached hydrogens (primary N) is 2. The zero-order valence-electron chi connectivity index (χ0n) is 12.8. The van der Waals surface area contributed by atoms with Gasteiger partial charge in [0.05, 0.1) is 11.4 Å². The predicted molar refractivity (Wildman–Crippen MR) is 86.7 cm³/mol.